The van der Waals surface area contributed by atoms with Crippen LogP contribution in [0.2, 0.25) is 0 Å². The summed E-state index contributed by atoms with van der Waals surface area (Å²) in [7, 11) is 0. The van der Waals surface area contributed by atoms with Crippen molar-refractivity contribution in [3.05, 3.63) is 34.3 Å². The fourth-order valence-electron chi connectivity index (χ4n) is 1.88. The maximum Gasteiger partial charge on any atom is 0.317 e. The Bertz CT molecular complexity index is 490. The quantitative estimate of drug-likeness (QED) is 0.821. The highest BCUT2D eigenvalue weighted by molar-refractivity contribution is 9.10. The smallest absolute Gasteiger partial charge is 0.317 e. The first kappa shape index (κ1) is 17.5. The first-order valence-electron chi connectivity index (χ1n) is 6.88. The van der Waals surface area contributed by atoms with Gasteiger partial charge in [0.2, 0.25) is 0 Å². The number of carboxylic acids is 1. The lowest BCUT2D eigenvalue weighted by Crippen LogP contribution is -2.44. The maximum atomic E-state index is 12.2. The number of halogens is 1. The summed E-state index contributed by atoms with van der Waals surface area (Å²) in [5.74, 6) is -1.49. The highest BCUT2D eigenvalue weighted by Gasteiger charge is 2.20. The maximum absolute atomic E-state index is 12.2. The van der Waals surface area contributed by atoms with Gasteiger partial charge in [-0.25, -0.2) is 4.79 Å². The van der Waals surface area contributed by atoms with E-state index in [9.17, 15) is 9.59 Å². The molecule has 0 heterocycles. The molecular weight excluding hydrogens is 336 g/mol. The zero-order valence-electron chi connectivity index (χ0n) is 12.5. The van der Waals surface area contributed by atoms with E-state index in [1.54, 1.807) is 6.92 Å². The van der Waals surface area contributed by atoms with Gasteiger partial charge in [-0.05, 0) is 31.5 Å². The molecule has 0 bridgehead atoms. The minimum Gasteiger partial charge on any atom is -0.481 e. The van der Waals surface area contributed by atoms with Crippen molar-refractivity contribution in [1.29, 1.82) is 0 Å². The molecule has 2 unspecified atom stereocenters. The molecular formula is C15H21BrN2O3. The Morgan fingerprint density at radius 2 is 1.86 bits per heavy atom. The van der Waals surface area contributed by atoms with Gasteiger partial charge < -0.3 is 15.3 Å². The van der Waals surface area contributed by atoms with Gasteiger partial charge in [-0.1, -0.05) is 35.0 Å². The lowest BCUT2D eigenvalue weighted by Gasteiger charge is -2.25. The number of hydrogen-bond donors (Lipinski definition) is 2. The van der Waals surface area contributed by atoms with E-state index < -0.39 is 11.9 Å². The van der Waals surface area contributed by atoms with E-state index in [1.807, 2.05) is 38.1 Å². The molecule has 1 aromatic rings. The van der Waals surface area contributed by atoms with Crippen LogP contribution in [0.5, 0.6) is 0 Å². The van der Waals surface area contributed by atoms with Crippen LogP contribution in [-0.2, 0) is 4.79 Å². The van der Waals surface area contributed by atoms with Crippen LogP contribution in [0.15, 0.2) is 28.7 Å². The number of nitrogens with one attached hydrogen (secondary N) is 1. The number of carbonyl (C=O) groups excluding carboxylic acids is 1. The number of carboxylic acid groups (broad SMARTS) is 1. The van der Waals surface area contributed by atoms with Crippen LogP contribution in [0.3, 0.4) is 0 Å². The van der Waals surface area contributed by atoms with Gasteiger partial charge in [0.1, 0.15) is 0 Å². The summed E-state index contributed by atoms with van der Waals surface area (Å²) in [6, 6.07) is 7.32. The van der Waals surface area contributed by atoms with Crippen molar-refractivity contribution in [3.8, 4) is 0 Å². The molecule has 1 aromatic carbocycles. The predicted octanol–water partition coefficient (Wildman–Crippen LogP) is 3.26. The van der Waals surface area contributed by atoms with Crippen molar-refractivity contribution in [2.24, 2.45) is 5.92 Å². The third kappa shape index (κ3) is 5.38. The Hall–Kier alpha value is -1.56. The SMILES string of the molecule is CCN(CC(C)C(=O)O)C(=O)NC(C)c1ccc(Br)cc1. The lowest BCUT2D eigenvalue weighted by atomic mass is 10.1. The zero-order chi connectivity index (χ0) is 16.0. The van der Waals surface area contributed by atoms with E-state index in [2.05, 4.69) is 21.2 Å². The fraction of sp³-hybridized carbons (Fsp3) is 0.467. The Labute approximate surface area is 133 Å². The van der Waals surface area contributed by atoms with Crippen molar-refractivity contribution in [3.63, 3.8) is 0 Å². The monoisotopic (exact) mass is 356 g/mol. The molecule has 2 atom stereocenters. The van der Waals surface area contributed by atoms with Crippen LogP contribution < -0.4 is 5.32 Å². The largest absolute Gasteiger partial charge is 0.481 e. The summed E-state index contributed by atoms with van der Waals surface area (Å²) >= 11 is 3.37. The molecule has 0 aliphatic heterocycles. The number of rotatable bonds is 6. The molecule has 0 aliphatic carbocycles. The predicted molar refractivity (Wildman–Crippen MR) is 85.1 cm³/mol. The Kier molecular flexibility index (Phi) is 6.68. The van der Waals surface area contributed by atoms with Crippen LogP contribution in [0.4, 0.5) is 4.79 Å². The van der Waals surface area contributed by atoms with E-state index in [0.717, 1.165) is 10.0 Å². The third-order valence-corrected chi connectivity index (χ3v) is 3.82. The van der Waals surface area contributed by atoms with Crippen LogP contribution >= 0.6 is 15.9 Å². The summed E-state index contributed by atoms with van der Waals surface area (Å²) in [6.07, 6.45) is 0. The Morgan fingerprint density at radius 3 is 2.33 bits per heavy atom. The van der Waals surface area contributed by atoms with Gasteiger partial charge in [0.25, 0.3) is 0 Å². The van der Waals surface area contributed by atoms with Gasteiger partial charge in [-0.15, -0.1) is 0 Å². The summed E-state index contributed by atoms with van der Waals surface area (Å²) < 4.78 is 0.982. The molecule has 2 N–H and O–H groups in total. The van der Waals surface area contributed by atoms with E-state index in [0.29, 0.717) is 6.54 Å². The normalized spacial score (nSPS) is 13.3. The Morgan fingerprint density at radius 1 is 1.29 bits per heavy atom. The van der Waals surface area contributed by atoms with Crippen molar-refractivity contribution in [2.45, 2.75) is 26.8 Å². The highest BCUT2D eigenvalue weighted by atomic mass is 79.9. The minimum absolute atomic E-state index is 0.139. The van der Waals surface area contributed by atoms with Crippen LogP contribution in [0.25, 0.3) is 0 Å². The molecule has 21 heavy (non-hydrogen) atoms. The zero-order valence-corrected chi connectivity index (χ0v) is 14.1. The first-order chi connectivity index (χ1) is 9.85. The fourth-order valence-corrected chi connectivity index (χ4v) is 2.14. The molecule has 0 fully saturated rings. The molecule has 0 saturated heterocycles. The second-order valence-corrected chi connectivity index (χ2v) is 5.92. The Balaban J connectivity index is 2.64. The van der Waals surface area contributed by atoms with Gasteiger partial charge in [0.15, 0.2) is 0 Å². The number of urea groups is 1. The number of amides is 2. The second-order valence-electron chi connectivity index (χ2n) is 5.00. The van der Waals surface area contributed by atoms with Gasteiger partial charge >= 0.3 is 12.0 Å². The molecule has 0 aliphatic rings. The van der Waals surface area contributed by atoms with E-state index in [4.69, 9.17) is 5.11 Å². The average molecular weight is 357 g/mol. The number of carbonyl (C=O) groups is 2. The first-order valence-corrected chi connectivity index (χ1v) is 7.68. The molecule has 0 saturated carbocycles. The summed E-state index contributed by atoms with van der Waals surface area (Å²) in [5, 5.41) is 11.8. The van der Waals surface area contributed by atoms with Gasteiger partial charge in [-0.2, -0.15) is 0 Å². The van der Waals surface area contributed by atoms with Gasteiger partial charge in [0.05, 0.1) is 12.0 Å². The lowest BCUT2D eigenvalue weighted by molar-refractivity contribution is -0.141. The molecule has 5 nitrogen and oxygen atoms in total. The average Bonchev–Trinajstić information content (AvgIpc) is 2.44. The minimum atomic E-state index is -0.901. The number of hydrogen-bond acceptors (Lipinski definition) is 2. The van der Waals surface area contributed by atoms with Crippen molar-refractivity contribution in [2.75, 3.05) is 13.1 Å². The molecule has 0 aromatic heterocycles. The standard InChI is InChI=1S/C15H21BrN2O3/c1-4-18(9-10(2)14(19)20)15(21)17-11(3)12-5-7-13(16)8-6-12/h5-8,10-11H,4,9H2,1-3H3,(H,17,21)(H,19,20). The second kappa shape index (κ2) is 8.02. The van der Waals surface area contributed by atoms with E-state index >= 15 is 0 Å². The third-order valence-electron chi connectivity index (χ3n) is 3.29. The topological polar surface area (TPSA) is 69.6 Å². The molecule has 2 amide bonds. The van der Waals surface area contributed by atoms with Gasteiger partial charge in [0, 0.05) is 17.6 Å². The number of benzene rings is 1. The van der Waals surface area contributed by atoms with Crippen LogP contribution in [-0.4, -0.2) is 35.1 Å². The molecule has 0 radical (unpaired) electrons. The van der Waals surface area contributed by atoms with Crippen molar-refractivity contribution < 1.29 is 14.7 Å². The molecule has 116 valence electrons. The van der Waals surface area contributed by atoms with E-state index in [-0.39, 0.29) is 18.6 Å². The highest BCUT2D eigenvalue weighted by Crippen LogP contribution is 2.16. The van der Waals surface area contributed by atoms with Crippen molar-refractivity contribution in [1.82, 2.24) is 10.2 Å². The molecule has 6 heteroatoms. The summed E-state index contributed by atoms with van der Waals surface area (Å²) in [5.41, 5.74) is 0.994. The van der Waals surface area contributed by atoms with Crippen molar-refractivity contribution >= 4 is 27.9 Å². The number of nitrogens with zero attached hydrogens (tertiary/aromatic N) is 1. The number of aliphatic carboxylic acids is 1. The van der Waals surface area contributed by atoms with Gasteiger partial charge in [-0.3, -0.25) is 4.79 Å². The van der Waals surface area contributed by atoms with Crippen LogP contribution in [0.1, 0.15) is 32.4 Å². The molecule has 1 rings (SSSR count). The summed E-state index contributed by atoms with van der Waals surface area (Å²) in [4.78, 5) is 24.6. The van der Waals surface area contributed by atoms with E-state index in [1.165, 1.54) is 4.90 Å². The molecule has 0 spiro atoms. The summed E-state index contributed by atoms with van der Waals surface area (Å²) in [6.45, 7) is 5.99. The van der Waals surface area contributed by atoms with Crippen LogP contribution in [0, 0.1) is 5.92 Å².